The first-order chi connectivity index (χ1) is 14.1. The average molecular weight is 390 g/mol. The Bertz CT molecular complexity index is 925. The van der Waals surface area contributed by atoms with Gasteiger partial charge in [-0.05, 0) is 48.6 Å². The van der Waals surface area contributed by atoms with Gasteiger partial charge < -0.3 is 14.9 Å². The fourth-order valence-corrected chi connectivity index (χ4v) is 4.47. The van der Waals surface area contributed by atoms with Crippen LogP contribution in [-0.4, -0.2) is 47.6 Å². The monoisotopic (exact) mass is 390 g/mol. The molecule has 0 aliphatic carbocycles. The molecule has 0 unspecified atom stereocenters. The molecule has 29 heavy (non-hydrogen) atoms. The molecule has 150 valence electrons. The van der Waals surface area contributed by atoms with E-state index in [1.165, 1.54) is 11.6 Å². The molecule has 1 saturated heterocycles. The van der Waals surface area contributed by atoms with Gasteiger partial charge in [0.25, 0.3) is 5.91 Å². The Hall–Kier alpha value is -2.92. The zero-order chi connectivity index (χ0) is 20.4. The van der Waals surface area contributed by atoms with Crippen molar-refractivity contribution in [3.05, 3.63) is 77.9 Å². The molecular weight excluding hydrogens is 364 g/mol. The second kappa shape index (κ2) is 8.21. The van der Waals surface area contributed by atoms with Gasteiger partial charge in [0.15, 0.2) is 0 Å². The maximum atomic E-state index is 13.3. The number of carbonyl (C=O) groups excluding carboxylic acids is 2. The minimum Gasteiger partial charge on any atom is -0.391 e. The van der Waals surface area contributed by atoms with Gasteiger partial charge in [-0.1, -0.05) is 43.0 Å². The molecule has 1 N–H and O–H groups in total. The van der Waals surface area contributed by atoms with Crippen LogP contribution in [0.2, 0.25) is 0 Å². The summed E-state index contributed by atoms with van der Waals surface area (Å²) >= 11 is 0. The van der Waals surface area contributed by atoms with Crippen LogP contribution in [0.5, 0.6) is 0 Å². The highest BCUT2D eigenvalue weighted by Gasteiger charge is 2.35. The third-order valence-corrected chi connectivity index (χ3v) is 5.96. The summed E-state index contributed by atoms with van der Waals surface area (Å²) in [7, 11) is 0. The molecule has 0 bridgehead atoms. The lowest BCUT2D eigenvalue weighted by atomic mass is 9.95. The standard InChI is InChI=1S/C24H26N2O3/c1-2-23(28)26-13-7-11-19-20(10-6-12-21(19)26)24(29)25-15-18(22(27)16-25)14-17-8-4-3-5-9-17/h2-6,8-10,12,18,22,27H,1,7,11,13-16H2/t18-,22-/m1/s1. The molecule has 2 aliphatic heterocycles. The Morgan fingerprint density at radius 2 is 1.90 bits per heavy atom. The van der Waals surface area contributed by atoms with Gasteiger partial charge in [0.05, 0.1) is 6.10 Å². The lowest BCUT2D eigenvalue weighted by molar-refractivity contribution is -0.114. The van der Waals surface area contributed by atoms with Crippen molar-refractivity contribution in [2.45, 2.75) is 25.4 Å². The number of likely N-dealkylation sites (tertiary alicyclic amines) is 1. The quantitative estimate of drug-likeness (QED) is 0.817. The van der Waals surface area contributed by atoms with Crippen molar-refractivity contribution in [2.24, 2.45) is 5.92 Å². The summed E-state index contributed by atoms with van der Waals surface area (Å²) < 4.78 is 0. The second-order valence-electron chi connectivity index (χ2n) is 7.83. The van der Waals surface area contributed by atoms with Crippen molar-refractivity contribution in [3.63, 3.8) is 0 Å². The zero-order valence-electron chi connectivity index (χ0n) is 16.5. The topological polar surface area (TPSA) is 60.9 Å². The maximum absolute atomic E-state index is 13.3. The summed E-state index contributed by atoms with van der Waals surface area (Å²) in [6.07, 6.45) is 3.12. The highest BCUT2D eigenvalue weighted by Crippen LogP contribution is 2.32. The van der Waals surface area contributed by atoms with Crippen molar-refractivity contribution in [1.29, 1.82) is 0 Å². The normalized spacial score (nSPS) is 21.0. The molecule has 0 aromatic heterocycles. The minimum atomic E-state index is -0.530. The van der Waals surface area contributed by atoms with Gasteiger partial charge in [0.1, 0.15) is 0 Å². The highest BCUT2D eigenvalue weighted by molar-refractivity contribution is 6.04. The van der Waals surface area contributed by atoms with Crippen LogP contribution in [0.15, 0.2) is 61.2 Å². The van der Waals surface area contributed by atoms with E-state index in [1.54, 1.807) is 9.80 Å². The van der Waals surface area contributed by atoms with Crippen LogP contribution in [-0.2, 0) is 17.6 Å². The van der Waals surface area contributed by atoms with E-state index in [4.69, 9.17) is 0 Å². The first kappa shape index (κ1) is 19.4. The number of hydrogen-bond acceptors (Lipinski definition) is 3. The number of amides is 2. The Morgan fingerprint density at radius 3 is 2.66 bits per heavy atom. The van der Waals surface area contributed by atoms with Crippen molar-refractivity contribution in [2.75, 3.05) is 24.5 Å². The number of aliphatic hydroxyl groups is 1. The Balaban J connectivity index is 1.55. The van der Waals surface area contributed by atoms with Gasteiger partial charge >= 0.3 is 0 Å². The maximum Gasteiger partial charge on any atom is 0.254 e. The summed E-state index contributed by atoms with van der Waals surface area (Å²) in [4.78, 5) is 29.0. The van der Waals surface area contributed by atoms with Gasteiger partial charge in [-0.25, -0.2) is 0 Å². The van der Waals surface area contributed by atoms with Crippen molar-refractivity contribution in [3.8, 4) is 0 Å². The fourth-order valence-electron chi connectivity index (χ4n) is 4.47. The van der Waals surface area contributed by atoms with Crippen LogP contribution >= 0.6 is 0 Å². The van der Waals surface area contributed by atoms with E-state index in [2.05, 4.69) is 18.7 Å². The highest BCUT2D eigenvalue weighted by atomic mass is 16.3. The zero-order valence-corrected chi connectivity index (χ0v) is 16.5. The lowest BCUT2D eigenvalue weighted by Crippen LogP contribution is -2.36. The molecule has 0 saturated carbocycles. The average Bonchev–Trinajstić information content (AvgIpc) is 3.12. The van der Waals surface area contributed by atoms with E-state index in [-0.39, 0.29) is 17.7 Å². The van der Waals surface area contributed by atoms with Crippen molar-refractivity contribution in [1.82, 2.24) is 4.90 Å². The smallest absolute Gasteiger partial charge is 0.254 e. The number of fused-ring (bicyclic) bond motifs is 1. The largest absolute Gasteiger partial charge is 0.391 e. The van der Waals surface area contributed by atoms with Crippen molar-refractivity contribution >= 4 is 17.5 Å². The number of benzene rings is 2. The number of rotatable bonds is 4. The van der Waals surface area contributed by atoms with E-state index < -0.39 is 6.10 Å². The Labute approximate surface area is 171 Å². The Morgan fingerprint density at radius 1 is 1.10 bits per heavy atom. The van der Waals surface area contributed by atoms with E-state index in [0.717, 1.165) is 30.5 Å². The number of aliphatic hydroxyl groups excluding tert-OH is 1. The van der Waals surface area contributed by atoms with Crippen LogP contribution in [0.4, 0.5) is 5.69 Å². The molecule has 5 heteroatoms. The predicted molar refractivity (Wildman–Crippen MR) is 113 cm³/mol. The molecule has 1 fully saturated rings. The molecular formula is C24H26N2O3. The number of nitrogens with zero attached hydrogens (tertiary/aromatic N) is 2. The first-order valence-corrected chi connectivity index (χ1v) is 10.2. The number of carbonyl (C=O) groups is 2. The summed E-state index contributed by atoms with van der Waals surface area (Å²) in [5.41, 5.74) is 3.52. The van der Waals surface area contributed by atoms with E-state index in [0.29, 0.717) is 25.2 Å². The van der Waals surface area contributed by atoms with E-state index >= 15 is 0 Å². The summed E-state index contributed by atoms with van der Waals surface area (Å²) in [5.74, 6) is -0.181. The van der Waals surface area contributed by atoms with E-state index in [9.17, 15) is 14.7 Å². The number of anilines is 1. The summed E-state index contributed by atoms with van der Waals surface area (Å²) in [6, 6.07) is 15.6. The Kier molecular flexibility index (Phi) is 5.49. The molecule has 4 rings (SSSR count). The molecule has 2 amide bonds. The molecule has 2 aromatic rings. The van der Waals surface area contributed by atoms with Crippen LogP contribution in [0.25, 0.3) is 0 Å². The fraction of sp³-hybridized carbons (Fsp3) is 0.333. The van der Waals surface area contributed by atoms with Gasteiger partial charge in [-0.2, -0.15) is 0 Å². The summed E-state index contributed by atoms with van der Waals surface area (Å²) in [6.45, 7) is 5.10. The summed E-state index contributed by atoms with van der Waals surface area (Å²) in [5, 5.41) is 10.5. The van der Waals surface area contributed by atoms with Crippen LogP contribution in [0.3, 0.4) is 0 Å². The molecule has 5 nitrogen and oxygen atoms in total. The first-order valence-electron chi connectivity index (χ1n) is 10.2. The van der Waals surface area contributed by atoms with E-state index in [1.807, 2.05) is 36.4 Å². The third-order valence-electron chi connectivity index (χ3n) is 5.96. The minimum absolute atomic E-state index is 0.0275. The third kappa shape index (κ3) is 3.83. The predicted octanol–water partition coefficient (Wildman–Crippen LogP) is 2.83. The van der Waals surface area contributed by atoms with Gasteiger partial charge in [-0.15, -0.1) is 0 Å². The second-order valence-corrected chi connectivity index (χ2v) is 7.83. The van der Waals surface area contributed by atoms with Crippen LogP contribution in [0.1, 0.15) is 27.9 Å². The van der Waals surface area contributed by atoms with Crippen molar-refractivity contribution < 1.29 is 14.7 Å². The SMILES string of the molecule is C=CC(=O)N1CCCc2c(C(=O)N3C[C@@H](Cc4ccccc4)[C@H](O)C3)cccc21. The molecule has 0 radical (unpaired) electrons. The van der Waals surface area contributed by atoms with Gasteiger partial charge in [0, 0.05) is 36.8 Å². The number of β-amino-alcohol motifs (C(OH)–C–C–N with tert-alkyl or cyclic N) is 1. The van der Waals surface area contributed by atoms with Crippen LogP contribution in [0, 0.1) is 5.92 Å². The molecule has 2 atom stereocenters. The number of hydrogen-bond donors (Lipinski definition) is 1. The van der Waals surface area contributed by atoms with Crippen LogP contribution < -0.4 is 4.90 Å². The molecule has 2 aromatic carbocycles. The lowest BCUT2D eigenvalue weighted by Gasteiger charge is -2.30. The van der Waals surface area contributed by atoms with Gasteiger partial charge in [-0.3, -0.25) is 9.59 Å². The van der Waals surface area contributed by atoms with Gasteiger partial charge in [0.2, 0.25) is 5.91 Å². The molecule has 2 heterocycles. The molecule has 2 aliphatic rings. The molecule has 0 spiro atoms.